The van der Waals surface area contributed by atoms with Crippen molar-refractivity contribution in [1.82, 2.24) is 9.13 Å². The molecule has 3 nitrogen and oxygen atoms in total. The van der Waals surface area contributed by atoms with E-state index in [1.54, 1.807) is 0 Å². The molecule has 1 aliphatic rings. The summed E-state index contributed by atoms with van der Waals surface area (Å²) in [6.07, 6.45) is 14.7. The van der Waals surface area contributed by atoms with Gasteiger partial charge in [-0.3, -0.25) is 0 Å². The van der Waals surface area contributed by atoms with Gasteiger partial charge < -0.3 is 14.5 Å². The van der Waals surface area contributed by atoms with Gasteiger partial charge in [0.2, 0.25) is 0 Å². The van der Waals surface area contributed by atoms with Crippen LogP contribution in [0, 0.1) is 5.41 Å². The third-order valence-electron chi connectivity index (χ3n) is 8.17. The Balaban J connectivity index is 1.45. The number of benzene rings is 4. The van der Waals surface area contributed by atoms with Gasteiger partial charge in [0, 0.05) is 33.5 Å². The fraction of sp³-hybridized carbons (Fsp3) is 0.108. The van der Waals surface area contributed by atoms with Crippen LogP contribution in [0.3, 0.4) is 0 Å². The number of hydrogen-bond donors (Lipinski definition) is 1. The first-order valence-corrected chi connectivity index (χ1v) is 14.0. The average molecular weight is 518 g/mol. The number of nitrogens with zero attached hydrogens (tertiary/aromatic N) is 2. The van der Waals surface area contributed by atoms with E-state index in [9.17, 15) is 0 Å². The molecule has 0 saturated heterocycles. The van der Waals surface area contributed by atoms with Gasteiger partial charge in [0.05, 0.1) is 27.8 Å². The molecule has 6 aromatic rings. The smallest absolute Gasteiger partial charge is 0.0595 e. The van der Waals surface area contributed by atoms with Crippen LogP contribution in [-0.4, -0.2) is 15.3 Å². The van der Waals surface area contributed by atoms with Crippen LogP contribution in [0.5, 0.6) is 0 Å². The largest absolute Gasteiger partial charge is 0.309 e. The monoisotopic (exact) mass is 517 g/mol. The second-order valence-electron chi connectivity index (χ2n) is 10.6. The maximum Gasteiger partial charge on any atom is 0.0595 e. The number of fused-ring (bicyclic) bond motifs is 6. The fourth-order valence-electron chi connectivity index (χ4n) is 6.17. The molecule has 0 aliphatic heterocycles. The normalized spacial score (nSPS) is 17.9. The van der Waals surface area contributed by atoms with Gasteiger partial charge in [0.25, 0.3) is 0 Å². The summed E-state index contributed by atoms with van der Waals surface area (Å²) < 4.78 is 4.58. The molecule has 0 saturated carbocycles. The molecule has 194 valence electrons. The van der Waals surface area contributed by atoms with E-state index in [0.717, 1.165) is 29.6 Å². The number of aromatic nitrogens is 2. The van der Waals surface area contributed by atoms with Gasteiger partial charge in [-0.25, -0.2) is 0 Å². The van der Waals surface area contributed by atoms with E-state index in [1.165, 1.54) is 61.2 Å². The van der Waals surface area contributed by atoms with Crippen molar-refractivity contribution >= 4 is 61.2 Å². The van der Waals surface area contributed by atoms with Gasteiger partial charge in [-0.2, -0.15) is 0 Å². The molecule has 40 heavy (non-hydrogen) atoms. The van der Waals surface area contributed by atoms with Gasteiger partial charge in [-0.1, -0.05) is 72.3 Å². The highest BCUT2D eigenvalue weighted by molar-refractivity contribution is 6.16. The van der Waals surface area contributed by atoms with E-state index in [2.05, 4.69) is 125 Å². The molecule has 0 amide bonds. The first kappa shape index (κ1) is 24.2. The molecule has 0 unspecified atom stereocenters. The number of allylic oxidation sites excluding steroid dienone is 8. The van der Waals surface area contributed by atoms with Crippen molar-refractivity contribution in [2.24, 2.45) is 0 Å². The first-order valence-electron chi connectivity index (χ1n) is 14.0. The van der Waals surface area contributed by atoms with Gasteiger partial charge in [-0.15, -0.1) is 0 Å². The van der Waals surface area contributed by atoms with Crippen molar-refractivity contribution in [1.29, 1.82) is 5.41 Å². The van der Waals surface area contributed by atoms with Crippen LogP contribution in [0.1, 0.15) is 26.7 Å². The van der Waals surface area contributed by atoms with Crippen LogP contribution in [0.25, 0.3) is 66.1 Å². The molecule has 7 rings (SSSR count). The standard InChI is InChI=1S/C37H31N3/c1-3-28(24-38)39-34-14-8-6-12-30(34)32-22-26(17-20-36(32)39)27-18-21-37-33(23-27)31-13-7-9-15-35(31)40(37)29-11-5-4-10-25(2)16-19-29/h3,5-9,11-24,38H,4,10H2,1-2H3/b11-5-,25-16+,28-3+,29-19+,38-24?. The van der Waals surface area contributed by atoms with Crippen molar-refractivity contribution in [3.63, 3.8) is 0 Å². The van der Waals surface area contributed by atoms with Gasteiger partial charge in [-0.05, 0) is 86.4 Å². The Hall–Kier alpha value is -4.89. The molecule has 1 aliphatic carbocycles. The quantitative estimate of drug-likeness (QED) is 0.226. The molecular formula is C37H31N3. The van der Waals surface area contributed by atoms with E-state index in [4.69, 9.17) is 5.41 Å². The zero-order chi connectivity index (χ0) is 27.2. The molecule has 1 N–H and O–H groups in total. The first-order chi connectivity index (χ1) is 19.7. The Bertz CT molecular complexity index is 2090. The van der Waals surface area contributed by atoms with Crippen molar-refractivity contribution in [3.05, 3.63) is 121 Å². The van der Waals surface area contributed by atoms with E-state index >= 15 is 0 Å². The molecule has 2 aromatic heterocycles. The second kappa shape index (κ2) is 9.69. The third kappa shape index (κ3) is 3.77. The van der Waals surface area contributed by atoms with Crippen LogP contribution in [-0.2, 0) is 0 Å². The van der Waals surface area contributed by atoms with Crippen molar-refractivity contribution < 1.29 is 0 Å². The Kier molecular flexibility index (Phi) is 5.86. The van der Waals surface area contributed by atoms with E-state index in [-0.39, 0.29) is 0 Å². The topological polar surface area (TPSA) is 33.7 Å². The summed E-state index contributed by atoms with van der Waals surface area (Å²) in [4.78, 5) is 0. The fourth-order valence-corrected chi connectivity index (χ4v) is 6.17. The van der Waals surface area contributed by atoms with E-state index < -0.39 is 0 Å². The maximum absolute atomic E-state index is 7.99. The zero-order valence-corrected chi connectivity index (χ0v) is 22.9. The van der Waals surface area contributed by atoms with Crippen LogP contribution < -0.4 is 0 Å². The molecule has 4 aromatic carbocycles. The van der Waals surface area contributed by atoms with Crippen LogP contribution in [0.15, 0.2) is 121 Å². The minimum Gasteiger partial charge on any atom is -0.309 e. The molecular weight excluding hydrogens is 486 g/mol. The third-order valence-corrected chi connectivity index (χ3v) is 8.17. The number of para-hydroxylation sites is 2. The lowest BCUT2D eigenvalue weighted by atomic mass is 10.0. The highest BCUT2D eigenvalue weighted by atomic mass is 15.0. The van der Waals surface area contributed by atoms with E-state index in [1.807, 2.05) is 13.0 Å². The Labute approximate surface area is 234 Å². The molecule has 2 heterocycles. The number of hydrogen-bond acceptors (Lipinski definition) is 1. The molecule has 3 heteroatoms. The number of rotatable bonds is 4. The molecule has 0 radical (unpaired) electrons. The summed E-state index contributed by atoms with van der Waals surface area (Å²) in [6.45, 7) is 4.20. The van der Waals surface area contributed by atoms with Gasteiger partial charge in [0.15, 0.2) is 0 Å². The minimum absolute atomic E-state index is 0.871. The molecule has 0 spiro atoms. The van der Waals surface area contributed by atoms with Crippen molar-refractivity contribution in [2.45, 2.75) is 26.7 Å². The SMILES string of the molecule is C/C=C(\C=N)n1c2ccccc2c2cc(-c3ccc4c(c3)c3ccccc3n4C3=C/C=C(\C)CC/C=C\3)ccc21. The predicted molar refractivity (Wildman–Crippen MR) is 173 cm³/mol. The molecule has 0 fully saturated rings. The summed E-state index contributed by atoms with van der Waals surface area (Å²) in [5, 5.41) is 12.9. The zero-order valence-electron chi connectivity index (χ0n) is 22.9. The lowest BCUT2D eigenvalue weighted by Crippen LogP contribution is -1.97. The highest BCUT2D eigenvalue weighted by Gasteiger charge is 2.16. The predicted octanol–water partition coefficient (Wildman–Crippen LogP) is 10.2. The molecule has 0 bridgehead atoms. The average Bonchev–Trinajstić information content (AvgIpc) is 3.49. The van der Waals surface area contributed by atoms with Crippen LogP contribution in [0.4, 0.5) is 0 Å². The second-order valence-corrected chi connectivity index (χ2v) is 10.6. The maximum atomic E-state index is 7.99. The summed E-state index contributed by atoms with van der Waals surface area (Å²) in [5.41, 5.74) is 10.5. The highest BCUT2D eigenvalue weighted by Crippen LogP contribution is 2.38. The Morgan fingerprint density at radius 1 is 0.725 bits per heavy atom. The summed E-state index contributed by atoms with van der Waals surface area (Å²) in [6, 6.07) is 30.8. The Morgan fingerprint density at radius 2 is 1.32 bits per heavy atom. The van der Waals surface area contributed by atoms with Crippen molar-refractivity contribution in [2.75, 3.05) is 0 Å². The lowest BCUT2D eigenvalue weighted by Gasteiger charge is -2.11. The van der Waals surface area contributed by atoms with E-state index in [0.29, 0.717) is 0 Å². The lowest BCUT2D eigenvalue weighted by molar-refractivity contribution is 0.973. The minimum atomic E-state index is 0.871. The summed E-state index contributed by atoms with van der Waals surface area (Å²) in [5.74, 6) is 0. The van der Waals surface area contributed by atoms with Gasteiger partial charge >= 0.3 is 0 Å². The van der Waals surface area contributed by atoms with Gasteiger partial charge in [0.1, 0.15) is 0 Å². The van der Waals surface area contributed by atoms with Crippen molar-refractivity contribution in [3.8, 4) is 11.1 Å². The molecule has 0 atom stereocenters. The number of nitrogens with one attached hydrogen (secondary N) is 1. The summed E-state index contributed by atoms with van der Waals surface area (Å²) >= 11 is 0. The van der Waals surface area contributed by atoms with Crippen LogP contribution in [0.2, 0.25) is 0 Å². The van der Waals surface area contributed by atoms with Crippen LogP contribution >= 0.6 is 0 Å². The summed E-state index contributed by atoms with van der Waals surface area (Å²) in [7, 11) is 0. The Morgan fingerprint density at radius 3 is 2.05 bits per heavy atom.